The summed E-state index contributed by atoms with van der Waals surface area (Å²) < 4.78 is 50.0. The van der Waals surface area contributed by atoms with Crippen LogP contribution in [0.3, 0.4) is 0 Å². The van der Waals surface area contributed by atoms with Crippen LogP contribution in [0.5, 0.6) is 0 Å². The molecule has 0 bridgehead atoms. The molecule has 0 unspecified atom stereocenters. The number of hydrogen-bond acceptors (Lipinski definition) is 5. The van der Waals surface area contributed by atoms with E-state index >= 15 is 0 Å². The van der Waals surface area contributed by atoms with Gasteiger partial charge >= 0.3 is 0 Å². The molecule has 0 spiro atoms. The van der Waals surface area contributed by atoms with Crippen molar-refractivity contribution in [3.63, 3.8) is 0 Å². The molecular formula is C12H17ClN2O4S2. The Bertz CT molecular complexity index is 747. The van der Waals surface area contributed by atoms with Crippen LogP contribution in [0.2, 0.25) is 5.02 Å². The minimum absolute atomic E-state index is 0.0214. The van der Waals surface area contributed by atoms with Crippen molar-refractivity contribution in [1.29, 1.82) is 0 Å². The smallest absolute Gasteiger partial charge is 0.244 e. The summed E-state index contributed by atoms with van der Waals surface area (Å²) >= 11 is 5.98. The van der Waals surface area contributed by atoms with Crippen LogP contribution in [0.4, 0.5) is 0 Å². The number of nitrogens with zero attached hydrogens (tertiary/aromatic N) is 1. The number of hydrogen-bond donors (Lipinski definition) is 1. The second kappa shape index (κ2) is 5.85. The number of sulfone groups is 1. The Labute approximate surface area is 130 Å². The normalized spacial score (nSPS) is 21.4. The van der Waals surface area contributed by atoms with E-state index in [-0.39, 0.29) is 20.9 Å². The molecule has 0 amide bonds. The molecule has 21 heavy (non-hydrogen) atoms. The highest BCUT2D eigenvalue weighted by molar-refractivity contribution is 7.91. The Morgan fingerprint density at radius 1 is 1.29 bits per heavy atom. The van der Waals surface area contributed by atoms with Gasteiger partial charge in [0.2, 0.25) is 10.0 Å². The van der Waals surface area contributed by atoms with Gasteiger partial charge in [-0.2, -0.15) is 4.31 Å². The Hall–Kier alpha value is -0.670. The van der Waals surface area contributed by atoms with Crippen LogP contribution in [0.1, 0.15) is 6.92 Å². The van der Waals surface area contributed by atoms with Crippen molar-refractivity contribution < 1.29 is 16.8 Å². The third-order valence-corrected chi connectivity index (χ3v) is 6.96. The number of rotatable bonds is 3. The first-order valence-electron chi connectivity index (χ1n) is 6.36. The highest BCUT2D eigenvalue weighted by Crippen LogP contribution is 2.28. The van der Waals surface area contributed by atoms with E-state index in [1.807, 2.05) is 0 Å². The SMILES string of the molecule is C[C@H]1CNCCN1S(=O)(=O)c1cc(S(C)(=O)=O)ccc1Cl. The zero-order chi connectivity index (χ0) is 15.8. The molecule has 1 saturated heterocycles. The molecule has 1 aliphatic rings. The second-order valence-corrected chi connectivity index (χ2v) is 9.32. The lowest BCUT2D eigenvalue weighted by molar-refractivity contribution is 0.284. The van der Waals surface area contributed by atoms with Gasteiger partial charge < -0.3 is 5.32 Å². The van der Waals surface area contributed by atoms with E-state index in [1.54, 1.807) is 6.92 Å². The maximum atomic E-state index is 12.7. The fourth-order valence-corrected chi connectivity index (χ4v) is 5.07. The van der Waals surface area contributed by atoms with Gasteiger partial charge in [-0.25, -0.2) is 16.8 Å². The number of benzene rings is 1. The highest BCUT2D eigenvalue weighted by Gasteiger charge is 2.33. The summed E-state index contributed by atoms with van der Waals surface area (Å²) in [6.07, 6.45) is 1.03. The van der Waals surface area contributed by atoms with Gasteiger partial charge in [-0.1, -0.05) is 11.6 Å². The minimum atomic E-state index is -3.83. The van der Waals surface area contributed by atoms with Gasteiger partial charge in [0.1, 0.15) is 4.90 Å². The highest BCUT2D eigenvalue weighted by atomic mass is 35.5. The lowest BCUT2D eigenvalue weighted by Crippen LogP contribution is -2.52. The predicted octanol–water partition coefficient (Wildman–Crippen LogP) is 0.726. The van der Waals surface area contributed by atoms with Crippen molar-refractivity contribution >= 4 is 31.5 Å². The molecule has 0 radical (unpaired) electrons. The maximum Gasteiger partial charge on any atom is 0.244 e. The first-order valence-corrected chi connectivity index (χ1v) is 10.1. The molecule has 118 valence electrons. The number of piperazine rings is 1. The number of sulfonamides is 1. The molecule has 1 fully saturated rings. The summed E-state index contributed by atoms with van der Waals surface area (Å²) in [5.74, 6) is 0. The van der Waals surface area contributed by atoms with Crippen molar-refractivity contribution in [2.45, 2.75) is 22.8 Å². The van der Waals surface area contributed by atoms with Crippen LogP contribution in [-0.4, -0.2) is 53.1 Å². The molecular weight excluding hydrogens is 336 g/mol. The van der Waals surface area contributed by atoms with Crippen molar-refractivity contribution in [3.05, 3.63) is 23.2 Å². The Morgan fingerprint density at radius 2 is 1.95 bits per heavy atom. The van der Waals surface area contributed by atoms with Crippen molar-refractivity contribution in [2.75, 3.05) is 25.9 Å². The second-order valence-electron chi connectivity index (χ2n) is 5.03. The van der Waals surface area contributed by atoms with E-state index in [9.17, 15) is 16.8 Å². The zero-order valence-electron chi connectivity index (χ0n) is 11.7. The van der Waals surface area contributed by atoms with Crippen LogP contribution in [0.25, 0.3) is 0 Å². The van der Waals surface area contributed by atoms with Crippen LogP contribution in [0.15, 0.2) is 28.0 Å². The molecule has 9 heteroatoms. The lowest BCUT2D eigenvalue weighted by atomic mass is 10.3. The Balaban J connectivity index is 2.54. The Kier molecular flexibility index (Phi) is 4.65. The maximum absolute atomic E-state index is 12.7. The van der Waals surface area contributed by atoms with Gasteiger partial charge in [-0.3, -0.25) is 0 Å². The summed E-state index contributed by atoms with van der Waals surface area (Å²) in [4.78, 5) is -0.228. The molecule has 6 nitrogen and oxygen atoms in total. The van der Waals surface area contributed by atoms with Gasteiger partial charge in [0, 0.05) is 31.9 Å². The third-order valence-electron chi connectivity index (χ3n) is 3.36. The quantitative estimate of drug-likeness (QED) is 0.866. The standard InChI is InChI=1S/C12H17ClN2O4S2/c1-9-8-14-5-6-15(9)21(18,19)12-7-10(20(2,16)17)3-4-11(12)13/h3-4,7,9,14H,5-6,8H2,1-2H3/t9-/m0/s1. The largest absolute Gasteiger partial charge is 0.314 e. The third kappa shape index (κ3) is 3.40. The number of halogens is 1. The van der Waals surface area contributed by atoms with Gasteiger partial charge in [0.15, 0.2) is 9.84 Å². The average Bonchev–Trinajstić information content (AvgIpc) is 2.37. The van der Waals surface area contributed by atoms with E-state index in [0.29, 0.717) is 19.6 Å². The molecule has 0 saturated carbocycles. The summed E-state index contributed by atoms with van der Waals surface area (Å²) in [5.41, 5.74) is 0. The summed E-state index contributed by atoms with van der Waals surface area (Å²) in [6, 6.07) is 3.51. The molecule has 0 aliphatic carbocycles. The molecule has 0 aromatic heterocycles. The van der Waals surface area contributed by atoms with Gasteiger partial charge in [-0.15, -0.1) is 0 Å². The zero-order valence-corrected chi connectivity index (χ0v) is 14.1. The molecule has 1 aromatic rings. The van der Waals surface area contributed by atoms with Crippen molar-refractivity contribution in [1.82, 2.24) is 9.62 Å². The van der Waals surface area contributed by atoms with E-state index in [1.165, 1.54) is 16.4 Å². The summed E-state index contributed by atoms with van der Waals surface area (Å²) in [7, 11) is -7.33. The van der Waals surface area contributed by atoms with Crippen LogP contribution < -0.4 is 5.32 Å². The molecule has 2 rings (SSSR count). The average molecular weight is 353 g/mol. The molecule has 1 aromatic carbocycles. The van der Waals surface area contributed by atoms with Crippen molar-refractivity contribution in [2.24, 2.45) is 0 Å². The molecule has 1 aliphatic heterocycles. The van der Waals surface area contributed by atoms with Gasteiger partial charge in [0.05, 0.1) is 9.92 Å². The monoisotopic (exact) mass is 352 g/mol. The van der Waals surface area contributed by atoms with Crippen molar-refractivity contribution in [3.8, 4) is 0 Å². The van der Waals surface area contributed by atoms with E-state index in [0.717, 1.165) is 12.3 Å². The van der Waals surface area contributed by atoms with Crippen LogP contribution in [0, 0.1) is 0 Å². The first kappa shape index (κ1) is 16.7. The van der Waals surface area contributed by atoms with E-state index in [2.05, 4.69) is 5.32 Å². The molecule has 1 heterocycles. The fourth-order valence-electron chi connectivity index (χ4n) is 2.22. The van der Waals surface area contributed by atoms with Crippen LogP contribution in [-0.2, 0) is 19.9 Å². The summed E-state index contributed by atoms with van der Waals surface area (Å²) in [5, 5.41) is 3.12. The lowest BCUT2D eigenvalue weighted by Gasteiger charge is -2.33. The van der Waals surface area contributed by atoms with E-state index < -0.39 is 19.9 Å². The first-order chi connectivity index (χ1) is 9.64. The summed E-state index contributed by atoms with van der Waals surface area (Å²) in [6.45, 7) is 3.20. The number of nitrogens with one attached hydrogen (secondary N) is 1. The molecule has 1 N–H and O–H groups in total. The topological polar surface area (TPSA) is 83.6 Å². The van der Waals surface area contributed by atoms with Gasteiger partial charge in [0.25, 0.3) is 0 Å². The predicted molar refractivity (Wildman–Crippen MR) is 80.8 cm³/mol. The minimum Gasteiger partial charge on any atom is -0.314 e. The fraction of sp³-hybridized carbons (Fsp3) is 0.500. The Morgan fingerprint density at radius 3 is 2.52 bits per heavy atom. The van der Waals surface area contributed by atoms with Gasteiger partial charge in [-0.05, 0) is 25.1 Å². The molecule has 1 atom stereocenters. The van der Waals surface area contributed by atoms with E-state index in [4.69, 9.17) is 11.6 Å². The van der Waals surface area contributed by atoms with Crippen LogP contribution >= 0.6 is 11.6 Å².